The number of fused-ring (bicyclic) bond motifs is 13. The minimum atomic E-state index is -0.403. The maximum atomic E-state index is 10.4. The predicted molar refractivity (Wildman–Crippen MR) is 530 cm³/mol. The third kappa shape index (κ3) is 13.3. The molecule has 0 saturated carbocycles. The minimum Gasteiger partial charge on any atom is -0.310 e. The highest BCUT2D eigenvalue weighted by molar-refractivity contribution is 7.00. The number of hydrogen-bond acceptors (Lipinski definition) is 2. The number of aromatic nitrogens is 1. The van der Waals surface area contributed by atoms with E-state index in [4.69, 9.17) is 0 Å². The second-order valence-corrected chi connectivity index (χ2v) is 40.9. The summed E-state index contributed by atoms with van der Waals surface area (Å²) in [5, 5.41) is 11.9. The summed E-state index contributed by atoms with van der Waals surface area (Å²) in [6.07, 6.45) is 0. The van der Waals surface area contributed by atoms with Crippen LogP contribution in [0.2, 0.25) is 0 Å². The molecule has 0 saturated heterocycles. The molecule has 2 aliphatic heterocycles. The van der Waals surface area contributed by atoms with Gasteiger partial charge >= 0.3 is 0 Å². The van der Waals surface area contributed by atoms with E-state index < -0.39 is 5.41 Å². The fourth-order valence-electron chi connectivity index (χ4n) is 19.5. The first kappa shape index (κ1) is 76.6. The Bertz CT molecular complexity index is 7110. The largest absolute Gasteiger partial charge is 0.310 e. The molecule has 18 aromatic rings. The molecule has 4 heteroatoms. The Balaban J connectivity index is 0.954. The molecule has 3 heterocycles. The van der Waals surface area contributed by atoms with Crippen LogP contribution in [0.15, 0.2) is 328 Å². The van der Waals surface area contributed by atoms with Crippen LogP contribution in [0.25, 0.3) is 137 Å². The van der Waals surface area contributed by atoms with E-state index in [1.165, 1.54) is 104 Å². The Labute approximate surface area is 723 Å². The summed E-state index contributed by atoms with van der Waals surface area (Å²) in [4.78, 5) is 5.47. The zero-order valence-electron chi connectivity index (χ0n) is 75.0. The molecule has 0 aliphatic carbocycles. The van der Waals surface area contributed by atoms with Crippen molar-refractivity contribution in [3.8, 4) is 72.4 Å². The molecule has 0 spiro atoms. The van der Waals surface area contributed by atoms with Crippen LogP contribution in [-0.2, 0) is 32.5 Å². The van der Waals surface area contributed by atoms with Crippen molar-refractivity contribution in [1.82, 2.24) is 4.57 Å². The van der Waals surface area contributed by atoms with Gasteiger partial charge in [0.05, 0.1) is 23.8 Å². The SMILES string of the molecule is [2H]c1cc(-c2ccc3c(ccc4ccccc43)c2)c(N2c3cc(-c4ccc5c(c4)c4ccccc4n5-c4ccccc4)ccc3B3c4ccc(-c5cc(C(C)(C)C)cc(C(C)(C)C)c5)cc4N(c4c(-c5ccc(C(C)(C)C)cc5)cc(C(C)(C)C)cc4-c4ccc(C(C)(C)C)cc4)c4cc(C(C)(C)C)cc2c43)c(-c2ccc3c(ccc4ccccc43)c2)c1. The van der Waals surface area contributed by atoms with Crippen molar-refractivity contribution in [3.05, 3.63) is 361 Å². The van der Waals surface area contributed by atoms with Gasteiger partial charge in [-0.1, -0.05) is 373 Å². The van der Waals surface area contributed by atoms with Gasteiger partial charge in [0.2, 0.25) is 0 Å². The standard InChI is InChI=1S/C118H108BN3/c1-113(2,3)85-52-43-75(44-53-85)99-69-89(117(13,14)15)70-100(76-45-54-86(55-46-76)114(4,5)6)112(99)122-107-67-79(84-63-87(115(7,8)9)68-88(64-84)116(10,11)12)50-59-103(107)119-102-58-49-78(77-51-60-105-101(65-77)98-35-26-27-38-104(98)120(105)91-31-20-19-21-32-91)66-106(102)121(108-71-90(118(16,17)18)72-109(122)110(108)119)111-96(82-47-56-94-80(61-82)41-39-73-29-22-24-33-92(73)94)36-28-37-97(111)83-48-57-95-81(62-83)42-40-74-30-23-25-34-93(74)95/h19-72H,1-18H3/i28D. The van der Waals surface area contributed by atoms with E-state index in [-0.39, 0.29) is 33.8 Å². The minimum absolute atomic E-state index is 0.0801. The Morgan fingerprint density at radius 2 is 0.598 bits per heavy atom. The third-order valence-corrected chi connectivity index (χ3v) is 26.6. The van der Waals surface area contributed by atoms with Gasteiger partial charge in [0, 0.05) is 61.5 Å². The van der Waals surface area contributed by atoms with Crippen LogP contribution in [0.5, 0.6) is 0 Å². The van der Waals surface area contributed by atoms with Crippen molar-refractivity contribution < 1.29 is 1.37 Å². The van der Waals surface area contributed by atoms with Crippen molar-refractivity contribution >= 4 is 122 Å². The maximum absolute atomic E-state index is 10.4. The lowest BCUT2D eigenvalue weighted by atomic mass is 9.33. The fraction of sp³-hybridized carbons (Fsp3) is 0.203. The van der Waals surface area contributed by atoms with Gasteiger partial charge in [-0.25, -0.2) is 0 Å². The summed E-state index contributed by atoms with van der Waals surface area (Å²) in [6.45, 7) is 42.2. The Morgan fingerprint density at radius 1 is 0.230 bits per heavy atom. The van der Waals surface area contributed by atoms with Gasteiger partial charge in [0.1, 0.15) is 0 Å². The second-order valence-electron chi connectivity index (χ2n) is 40.9. The number of hydrogen-bond donors (Lipinski definition) is 0. The fourth-order valence-corrected chi connectivity index (χ4v) is 19.5. The van der Waals surface area contributed by atoms with Gasteiger partial charge in [-0.15, -0.1) is 0 Å². The predicted octanol–water partition coefficient (Wildman–Crippen LogP) is 31.3. The van der Waals surface area contributed by atoms with Crippen LogP contribution in [0.3, 0.4) is 0 Å². The van der Waals surface area contributed by atoms with Crippen molar-refractivity contribution in [1.29, 1.82) is 0 Å². The molecule has 598 valence electrons. The molecule has 17 aromatic carbocycles. The van der Waals surface area contributed by atoms with Gasteiger partial charge in [-0.2, -0.15) is 0 Å². The molecule has 0 amide bonds. The van der Waals surface area contributed by atoms with E-state index in [0.717, 1.165) is 117 Å². The van der Waals surface area contributed by atoms with Crippen LogP contribution >= 0.6 is 0 Å². The molecule has 1 aromatic heterocycles. The van der Waals surface area contributed by atoms with Gasteiger partial charge in [0.15, 0.2) is 0 Å². The molecular formula is C118H108BN3. The van der Waals surface area contributed by atoms with Crippen molar-refractivity contribution in [2.24, 2.45) is 0 Å². The number of anilines is 6. The Kier molecular flexibility index (Phi) is 17.9. The highest BCUT2D eigenvalue weighted by Gasteiger charge is 2.47. The molecular weight excluding hydrogens is 1470 g/mol. The summed E-state index contributed by atoms with van der Waals surface area (Å²) in [5.41, 5.74) is 33.5. The van der Waals surface area contributed by atoms with Gasteiger partial charge in [-0.3, -0.25) is 0 Å². The van der Waals surface area contributed by atoms with E-state index in [1.54, 1.807) is 0 Å². The molecule has 0 atom stereocenters. The first-order valence-corrected chi connectivity index (χ1v) is 43.9. The zero-order chi connectivity index (χ0) is 85.5. The van der Waals surface area contributed by atoms with E-state index in [1.807, 2.05) is 0 Å². The maximum Gasteiger partial charge on any atom is 0.252 e. The van der Waals surface area contributed by atoms with Gasteiger partial charge in [0.25, 0.3) is 6.71 Å². The quantitative estimate of drug-likeness (QED) is 0.105. The van der Waals surface area contributed by atoms with Crippen molar-refractivity contribution in [2.45, 2.75) is 157 Å². The molecule has 0 bridgehead atoms. The lowest BCUT2D eigenvalue weighted by molar-refractivity contribution is 0.569. The van der Waals surface area contributed by atoms with Crippen LogP contribution < -0.4 is 26.2 Å². The summed E-state index contributed by atoms with van der Waals surface area (Å²) in [6, 6.07) is 124. The van der Waals surface area contributed by atoms with E-state index in [2.05, 4.69) is 461 Å². The first-order valence-electron chi connectivity index (χ1n) is 44.4. The summed E-state index contributed by atoms with van der Waals surface area (Å²) >= 11 is 0. The molecule has 20 rings (SSSR count). The van der Waals surface area contributed by atoms with Crippen molar-refractivity contribution in [3.63, 3.8) is 0 Å². The lowest BCUT2D eigenvalue weighted by Gasteiger charge is -2.46. The van der Waals surface area contributed by atoms with Crippen LogP contribution in [-0.4, -0.2) is 11.3 Å². The highest BCUT2D eigenvalue weighted by atomic mass is 15.2. The van der Waals surface area contributed by atoms with E-state index in [9.17, 15) is 1.37 Å². The average molecular weight is 1580 g/mol. The number of para-hydroxylation sites is 3. The van der Waals surface area contributed by atoms with E-state index in [0.29, 0.717) is 6.04 Å². The third-order valence-electron chi connectivity index (χ3n) is 26.6. The molecule has 0 unspecified atom stereocenters. The smallest absolute Gasteiger partial charge is 0.252 e. The topological polar surface area (TPSA) is 11.4 Å². The van der Waals surface area contributed by atoms with E-state index >= 15 is 0 Å². The number of rotatable bonds is 9. The summed E-state index contributed by atoms with van der Waals surface area (Å²) in [5.74, 6) is 0. The van der Waals surface area contributed by atoms with Gasteiger partial charge in [-0.05, 0) is 249 Å². The summed E-state index contributed by atoms with van der Waals surface area (Å²) in [7, 11) is 0. The van der Waals surface area contributed by atoms with Gasteiger partial charge < -0.3 is 14.4 Å². The molecule has 2 aliphatic rings. The molecule has 0 N–H and O–H groups in total. The molecule has 122 heavy (non-hydrogen) atoms. The van der Waals surface area contributed by atoms with Crippen LogP contribution in [0.4, 0.5) is 34.1 Å². The number of nitrogens with zero attached hydrogens (tertiary/aromatic N) is 3. The monoisotopic (exact) mass is 1580 g/mol. The van der Waals surface area contributed by atoms with Crippen molar-refractivity contribution in [2.75, 3.05) is 9.80 Å². The lowest BCUT2D eigenvalue weighted by Crippen LogP contribution is -2.61. The zero-order valence-corrected chi connectivity index (χ0v) is 74.0. The first-order chi connectivity index (χ1) is 58.7. The molecule has 0 radical (unpaired) electrons. The molecule has 3 nitrogen and oxygen atoms in total. The summed E-state index contributed by atoms with van der Waals surface area (Å²) < 4.78 is 12.8. The number of benzene rings is 17. The Hall–Kier alpha value is -12.8. The van der Waals surface area contributed by atoms with Crippen LogP contribution in [0, 0.1) is 0 Å². The normalized spacial score (nSPS) is 13.4. The van der Waals surface area contributed by atoms with Crippen LogP contribution in [0.1, 0.15) is 159 Å². The average Bonchev–Trinajstić information content (AvgIpc) is 1.63. The molecule has 0 fully saturated rings. The second kappa shape index (κ2) is 28.4. The Morgan fingerprint density at radius 3 is 1.08 bits per heavy atom. The highest BCUT2D eigenvalue weighted by Crippen LogP contribution is 2.56.